The number of carbonyl (C=O) groups is 1. The van der Waals surface area contributed by atoms with Crippen LogP contribution in [0, 0.1) is 5.92 Å². The lowest BCUT2D eigenvalue weighted by Gasteiger charge is -2.16. The van der Waals surface area contributed by atoms with E-state index >= 15 is 0 Å². The van der Waals surface area contributed by atoms with Crippen LogP contribution in [0.3, 0.4) is 0 Å². The Kier molecular flexibility index (Phi) is 6.19. The summed E-state index contributed by atoms with van der Waals surface area (Å²) in [6.07, 6.45) is 0.490. The van der Waals surface area contributed by atoms with Gasteiger partial charge in [-0.25, -0.2) is 0 Å². The Balaban J connectivity index is 2.43. The number of benzene rings is 1. The van der Waals surface area contributed by atoms with Crippen LogP contribution in [-0.2, 0) is 4.79 Å². The van der Waals surface area contributed by atoms with Gasteiger partial charge in [-0.15, -0.1) is 0 Å². The van der Waals surface area contributed by atoms with Crippen molar-refractivity contribution in [3.8, 4) is 5.75 Å². The van der Waals surface area contributed by atoms with E-state index in [1.165, 1.54) is 0 Å². The van der Waals surface area contributed by atoms with E-state index in [0.29, 0.717) is 18.2 Å². The van der Waals surface area contributed by atoms with Crippen LogP contribution in [0.1, 0.15) is 27.2 Å². The second-order valence-corrected chi connectivity index (χ2v) is 5.52. The predicted octanol–water partition coefficient (Wildman–Crippen LogP) is 3.38. The zero-order valence-corrected chi connectivity index (χ0v) is 12.7. The number of para-hydroxylation sites is 1. The third-order valence-electron chi connectivity index (χ3n) is 2.53. The first-order chi connectivity index (χ1) is 8.50. The zero-order valence-electron chi connectivity index (χ0n) is 11.1. The first-order valence-electron chi connectivity index (χ1n) is 6.19. The molecule has 0 aromatic heterocycles. The zero-order chi connectivity index (χ0) is 13.5. The predicted molar refractivity (Wildman–Crippen MR) is 76.7 cm³/mol. The molecule has 0 heterocycles. The van der Waals surface area contributed by atoms with E-state index < -0.39 is 6.10 Å². The number of carbonyl (C=O) groups excluding carboxylic acids is 1. The van der Waals surface area contributed by atoms with E-state index in [4.69, 9.17) is 4.74 Å². The summed E-state index contributed by atoms with van der Waals surface area (Å²) in [5, 5.41) is 2.87. The third-order valence-corrected chi connectivity index (χ3v) is 3.19. The highest BCUT2D eigenvalue weighted by atomic mass is 79.9. The van der Waals surface area contributed by atoms with Gasteiger partial charge in [0.25, 0.3) is 5.91 Å². The summed E-state index contributed by atoms with van der Waals surface area (Å²) in [4.78, 5) is 11.8. The van der Waals surface area contributed by atoms with E-state index in [-0.39, 0.29) is 5.91 Å². The first-order valence-corrected chi connectivity index (χ1v) is 6.99. The smallest absolute Gasteiger partial charge is 0.260 e. The number of nitrogens with one attached hydrogen (secondary N) is 1. The van der Waals surface area contributed by atoms with Crippen molar-refractivity contribution in [1.82, 2.24) is 5.32 Å². The molecular weight excluding hydrogens is 294 g/mol. The Morgan fingerprint density at radius 3 is 2.61 bits per heavy atom. The Hall–Kier alpha value is -1.03. The summed E-state index contributed by atoms with van der Waals surface area (Å²) in [5.74, 6) is 1.19. The molecule has 0 spiro atoms. The molecule has 0 saturated heterocycles. The molecule has 1 aromatic rings. The van der Waals surface area contributed by atoms with Crippen molar-refractivity contribution in [1.29, 1.82) is 0 Å². The maximum atomic E-state index is 11.8. The molecule has 0 aliphatic carbocycles. The number of hydrogen-bond acceptors (Lipinski definition) is 2. The largest absolute Gasteiger partial charge is 0.480 e. The SMILES string of the molecule is CC(C)CCNC(=O)C(C)Oc1ccccc1Br. The molecule has 1 amide bonds. The lowest BCUT2D eigenvalue weighted by molar-refractivity contribution is -0.127. The van der Waals surface area contributed by atoms with Gasteiger partial charge in [-0.05, 0) is 47.3 Å². The van der Waals surface area contributed by atoms with Crippen LogP contribution in [0.4, 0.5) is 0 Å². The van der Waals surface area contributed by atoms with Gasteiger partial charge in [0.1, 0.15) is 5.75 Å². The molecule has 0 saturated carbocycles. The number of rotatable bonds is 6. The summed E-state index contributed by atoms with van der Waals surface area (Å²) in [6, 6.07) is 7.51. The number of hydrogen-bond donors (Lipinski definition) is 1. The third kappa shape index (κ3) is 5.08. The fourth-order valence-electron chi connectivity index (χ4n) is 1.41. The van der Waals surface area contributed by atoms with Crippen LogP contribution in [0.25, 0.3) is 0 Å². The molecule has 1 atom stereocenters. The second-order valence-electron chi connectivity index (χ2n) is 4.66. The van der Waals surface area contributed by atoms with Gasteiger partial charge in [-0.2, -0.15) is 0 Å². The van der Waals surface area contributed by atoms with Crippen molar-refractivity contribution in [2.45, 2.75) is 33.3 Å². The van der Waals surface area contributed by atoms with Crippen molar-refractivity contribution < 1.29 is 9.53 Å². The van der Waals surface area contributed by atoms with Crippen LogP contribution >= 0.6 is 15.9 Å². The molecule has 1 unspecified atom stereocenters. The molecule has 0 radical (unpaired) electrons. The number of amides is 1. The van der Waals surface area contributed by atoms with Crippen LogP contribution in [-0.4, -0.2) is 18.6 Å². The van der Waals surface area contributed by atoms with Gasteiger partial charge in [0, 0.05) is 6.54 Å². The summed E-state index contributed by atoms with van der Waals surface area (Å²) >= 11 is 3.39. The molecule has 0 bridgehead atoms. The Bertz CT molecular complexity index is 393. The molecule has 18 heavy (non-hydrogen) atoms. The summed E-state index contributed by atoms with van der Waals surface area (Å²) < 4.78 is 6.46. The lowest BCUT2D eigenvalue weighted by Crippen LogP contribution is -2.37. The molecule has 100 valence electrons. The Morgan fingerprint density at radius 2 is 2.00 bits per heavy atom. The summed E-state index contributed by atoms with van der Waals surface area (Å²) in [6.45, 7) is 6.71. The van der Waals surface area contributed by atoms with E-state index in [2.05, 4.69) is 35.1 Å². The number of halogens is 1. The average Bonchev–Trinajstić information content (AvgIpc) is 2.31. The van der Waals surface area contributed by atoms with Gasteiger partial charge in [-0.1, -0.05) is 26.0 Å². The molecule has 1 N–H and O–H groups in total. The second kappa shape index (κ2) is 7.41. The van der Waals surface area contributed by atoms with Gasteiger partial charge in [0.2, 0.25) is 0 Å². The van der Waals surface area contributed by atoms with Crippen molar-refractivity contribution in [2.24, 2.45) is 5.92 Å². The standard InChI is InChI=1S/C14H20BrNO2/c1-10(2)8-9-16-14(17)11(3)18-13-7-5-4-6-12(13)15/h4-7,10-11H,8-9H2,1-3H3,(H,16,17). The molecule has 1 rings (SSSR count). The van der Waals surface area contributed by atoms with Crippen molar-refractivity contribution >= 4 is 21.8 Å². The van der Waals surface area contributed by atoms with Crippen LogP contribution in [0.15, 0.2) is 28.7 Å². The number of ether oxygens (including phenoxy) is 1. The lowest BCUT2D eigenvalue weighted by atomic mass is 10.1. The normalized spacial score (nSPS) is 12.3. The van der Waals surface area contributed by atoms with Gasteiger partial charge >= 0.3 is 0 Å². The highest BCUT2D eigenvalue weighted by Crippen LogP contribution is 2.24. The van der Waals surface area contributed by atoms with E-state index in [9.17, 15) is 4.79 Å². The van der Waals surface area contributed by atoms with Gasteiger partial charge in [0.05, 0.1) is 4.47 Å². The fourth-order valence-corrected chi connectivity index (χ4v) is 1.79. The molecule has 3 nitrogen and oxygen atoms in total. The summed E-state index contributed by atoms with van der Waals surface area (Å²) in [7, 11) is 0. The van der Waals surface area contributed by atoms with Crippen molar-refractivity contribution in [3.05, 3.63) is 28.7 Å². The van der Waals surface area contributed by atoms with E-state index in [0.717, 1.165) is 10.9 Å². The Labute approximate surface area is 117 Å². The quantitative estimate of drug-likeness (QED) is 0.874. The highest BCUT2D eigenvalue weighted by Gasteiger charge is 2.15. The fraction of sp³-hybridized carbons (Fsp3) is 0.500. The van der Waals surface area contributed by atoms with Crippen molar-refractivity contribution in [3.63, 3.8) is 0 Å². The molecule has 4 heteroatoms. The Morgan fingerprint density at radius 1 is 1.33 bits per heavy atom. The molecule has 0 aliphatic rings. The maximum absolute atomic E-state index is 11.8. The van der Waals surface area contributed by atoms with Crippen LogP contribution < -0.4 is 10.1 Å². The topological polar surface area (TPSA) is 38.3 Å². The van der Waals surface area contributed by atoms with E-state index in [1.807, 2.05) is 24.3 Å². The minimum absolute atomic E-state index is 0.0774. The van der Waals surface area contributed by atoms with E-state index in [1.54, 1.807) is 6.92 Å². The van der Waals surface area contributed by atoms with Gasteiger partial charge in [0.15, 0.2) is 6.10 Å². The molecular formula is C14H20BrNO2. The average molecular weight is 314 g/mol. The van der Waals surface area contributed by atoms with Crippen LogP contribution in [0.2, 0.25) is 0 Å². The monoisotopic (exact) mass is 313 g/mol. The minimum Gasteiger partial charge on any atom is -0.480 e. The minimum atomic E-state index is -0.490. The highest BCUT2D eigenvalue weighted by molar-refractivity contribution is 9.10. The summed E-state index contributed by atoms with van der Waals surface area (Å²) in [5.41, 5.74) is 0. The van der Waals surface area contributed by atoms with Crippen molar-refractivity contribution in [2.75, 3.05) is 6.54 Å². The molecule has 0 fully saturated rings. The molecule has 1 aromatic carbocycles. The molecule has 0 aliphatic heterocycles. The first kappa shape index (κ1) is 15.0. The van der Waals surface area contributed by atoms with Crippen LogP contribution in [0.5, 0.6) is 5.75 Å². The van der Waals surface area contributed by atoms with Gasteiger partial charge in [-0.3, -0.25) is 4.79 Å². The van der Waals surface area contributed by atoms with Gasteiger partial charge < -0.3 is 10.1 Å². The maximum Gasteiger partial charge on any atom is 0.260 e.